The summed E-state index contributed by atoms with van der Waals surface area (Å²) in [4.78, 5) is 26.8. The summed E-state index contributed by atoms with van der Waals surface area (Å²) in [6.45, 7) is 4.45. The van der Waals surface area contributed by atoms with E-state index in [4.69, 9.17) is 5.73 Å². The highest BCUT2D eigenvalue weighted by atomic mass is 32.1. The Labute approximate surface area is 123 Å². The van der Waals surface area contributed by atoms with E-state index in [1.54, 1.807) is 31.0 Å². The highest BCUT2D eigenvalue weighted by molar-refractivity contribution is 7.14. The van der Waals surface area contributed by atoms with Crippen LogP contribution in [0.15, 0.2) is 12.1 Å². The van der Waals surface area contributed by atoms with Crippen LogP contribution in [0.1, 0.15) is 28.4 Å². The van der Waals surface area contributed by atoms with Crippen molar-refractivity contribution in [2.75, 3.05) is 20.1 Å². The number of hydrogen-bond donors (Lipinski definition) is 2. The predicted octanol–water partition coefficient (Wildman–Crippen LogP) is 0.655. The van der Waals surface area contributed by atoms with Crippen LogP contribution < -0.4 is 11.1 Å². The maximum Gasteiger partial charge on any atom is 0.262 e. The molecule has 1 atom stereocenters. The molecule has 1 rings (SSSR count). The lowest BCUT2D eigenvalue weighted by molar-refractivity contribution is -0.131. The van der Waals surface area contributed by atoms with Crippen LogP contribution in [0, 0.1) is 11.8 Å². The van der Waals surface area contributed by atoms with E-state index < -0.39 is 6.04 Å². The van der Waals surface area contributed by atoms with Gasteiger partial charge in [-0.1, -0.05) is 11.8 Å². The zero-order chi connectivity index (χ0) is 15.1. The smallest absolute Gasteiger partial charge is 0.262 e. The zero-order valence-corrected chi connectivity index (χ0v) is 12.7. The van der Waals surface area contributed by atoms with Gasteiger partial charge in [0.05, 0.1) is 16.3 Å². The van der Waals surface area contributed by atoms with Gasteiger partial charge in [-0.25, -0.2) is 0 Å². The van der Waals surface area contributed by atoms with E-state index in [1.807, 2.05) is 6.92 Å². The van der Waals surface area contributed by atoms with Crippen molar-refractivity contribution < 1.29 is 9.59 Å². The third-order valence-corrected chi connectivity index (χ3v) is 3.71. The van der Waals surface area contributed by atoms with Crippen LogP contribution in [-0.4, -0.2) is 42.9 Å². The predicted molar refractivity (Wildman–Crippen MR) is 80.5 cm³/mol. The average Bonchev–Trinajstić information content (AvgIpc) is 2.92. The Kier molecular flexibility index (Phi) is 6.22. The lowest BCUT2D eigenvalue weighted by Crippen LogP contribution is -2.45. The van der Waals surface area contributed by atoms with Crippen LogP contribution in [0.2, 0.25) is 0 Å². The summed E-state index contributed by atoms with van der Waals surface area (Å²) in [5, 5.41) is 2.69. The topological polar surface area (TPSA) is 75.4 Å². The van der Waals surface area contributed by atoms with E-state index >= 15 is 0 Å². The third kappa shape index (κ3) is 4.37. The van der Waals surface area contributed by atoms with Crippen LogP contribution in [0.3, 0.4) is 0 Å². The lowest BCUT2D eigenvalue weighted by Gasteiger charge is -2.20. The van der Waals surface area contributed by atoms with Gasteiger partial charge in [0.1, 0.15) is 6.04 Å². The number of rotatable bonds is 4. The van der Waals surface area contributed by atoms with E-state index in [2.05, 4.69) is 17.2 Å². The van der Waals surface area contributed by atoms with Crippen molar-refractivity contribution in [2.45, 2.75) is 19.9 Å². The summed E-state index contributed by atoms with van der Waals surface area (Å²) in [6, 6.07) is 2.92. The summed E-state index contributed by atoms with van der Waals surface area (Å²) >= 11 is 1.28. The maximum atomic E-state index is 12.0. The second-order valence-electron chi connectivity index (χ2n) is 4.22. The standard InChI is InChI=1S/C14H19N3O2S/c1-4-17(3)14(19)10(2)16-13(18)12-8-7-11(20-12)6-5-9-15/h7-8,10H,4,9,15H2,1-3H3,(H,16,18). The molecule has 1 unspecified atom stereocenters. The fourth-order valence-electron chi connectivity index (χ4n) is 1.48. The summed E-state index contributed by atoms with van der Waals surface area (Å²) in [6.07, 6.45) is 0. The Balaban J connectivity index is 2.67. The van der Waals surface area contributed by atoms with Gasteiger partial charge in [0.15, 0.2) is 0 Å². The number of likely N-dealkylation sites (N-methyl/N-ethyl adjacent to an activating group) is 1. The van der Waals surface area contributed by atoms with Crippen molar-refractivity contribution in [1.82, 2.24) is 10.2 Å². The minimum absolute atomic E-state index is 0.111. The number of nitrogens with zero attached hydrogens (tertiary/aromatic N) is 1. The second-order valence-corrected chi connectivity index (χ2v) is 5.30. The van der Waals surface area contributed by atoms with Gasteiger partial charge < -0.3 is 16.0 Å². The molecule has 1 aromatic heterocycles. The van der Waals surface area contributed by atoms with Crippen molar-refractivity contribution in [1.29, 1.82) is 0 Å². The fraction of sp³-hybridized carbons (Fsp3) is 0.429. The molecular weight excluding hydrogens is 274 g/mol. The quantitative estimate of drug-likeness (QED) is 0.801. The molecule has 0 saturated heterocycles. The van der Waals surface area contributed by atoms with Crippen molar-refractivity contribution in [3.8, 4) is 11.8 Å². The molecule has 0 fully saturated rings. The first-order valence-electron chi connectivity index (χ1n) is 6.34. The van der Waals surface area contributed by atoms with Gasteiger partial charge in [0.2, 0.25) is 5.91 Å². The monoisotopic (exact) mass is 293 g/mol. The van der Waals surface area contributed by atoms with Gasteiger partial charge in [-0.2, -0.15) is 0 Å². The maximum absolute atomic E-state index is 12.0. The van der Waals surface area contributed by atoms with Crippen LogP contribution in [-0.2, 0) is 4.79 Å². The third-order valence-electron chi connectivity index (χ3n) is 2.71. The molecule has 20 heavy (non-hydrogen) atoms. The molecule has 0 spiro atoms. The van der Waals surface area contributed by atoms with Gasteiger partial charge in [0, 0.05) is 13.6 Å². The average molecular weight is 293 g/mol. The van der Waals surface area contributed by atoms with Gasteiger partial charge in [-0.05, 0) is 26.0 Å². The second kappa shape index (κ2) is 7.68. The van der Waals surface area contributed by atoms with E-state index in [-0.39, 0.29) is 18.4 Å². The number of carbonyl (C=O) groups excluding carboxylic acids is 2. The summed E-state index contributed by atoms with van der Waals surface area (Å²) < 4.78 is 0. The number of hydrogen-bond acceptors (Lipinski definition) is 4. The van der Waals surface area contributed by atoms with Crippen molar-refractivity contribution in [2.24, 2.45) is 5.73 Å². The molecule has 0 aliphatic rings. The van der Waals surface area contributed by atoms with E-state index in [0.717, 1.165) is 4.88 Å². The van der Waals surface area contributed by atoms with Crippen molar-refractivity contribution >= 4 is 23.2 Å². The highest BCUT2D eigenvalue weighted by Crippen LogP contribution is 2.15. The lowest BCUT2D eigenvalue weighted by atomic mass is 10.3. The molecule has 6 heteroatoms. The molecule has 5 nitrogen and oxygen atoms in total. The normalized spacial score (nSPS) is 11.2. The molecular formula is C14H19N3O2S. The Morgan fingerprint density at radius 1 is 1.50 bits per heavy atom. The molecule has 0 saturated carbocycles. The molecule has 1 aromatic rings. The summed E-state index contributed by atoms with van der Waals surface area (Å²) in [7, 11) is 1.71. The number of thiophene rings is 1. The Morgan fingerprint density at radius 3 is 2.80 bits per heavy atom. The number of nitrogens with one attached hydrogen (secondary N) is 1. The number of carbonyl (C=O) groups is 2. The molecule has 3 N–H and O–H groups in total. The van der Waals surface area contributed by atoms with E-state index in [9.17, 15) is 9.59 Å². The molecule has 108 valence electrons. The molecule has 1 heterocycles. The first kappa shape index (κ1) is 16.2. The molecule has 0 aromatic carbocycles. The highest BCUT2D eigenvalue weighted by Gasteiger charge is 2.19. The number of nitrogens with two attached hydrogens (primary N) is 1. The van der Waals surface area contributed by atoms with Gasteiger partial charge >= 0.3 is 0 Å². The minimum atomic E-state index is -0.548. The van der Waals surface area contributed by atoms with Crippen LogP contribution >= 0.6 is 11.3 Å². The molecule has 0 bridgehead atoms. The summed E-state index contributed by atoms with van der Waals surface area (Å²) in [5.41, 5.74) is 5.29. The largest absolute Gasteiger partial charge is 0.344 e. The molecule has 2 amide bonds. The Bertz CT molecular complexity index is 542. The van der Waals surface area contributed by atoms with Crippen LogP contribution in [0.5, 0.6) is 0 Å². The van der Waals surface area contributed by atoms with Gasteiger partial charge in [-0.3, -0.25) is 9.59 Å². The van der Waals surface area contributed by atoms with Gasteiger partial charge in [0.25, 0.3) is 5.91 Å². The Morgan fingerprint density at radius 2 is 2.20 bits per heavy atom. The minimum Gasteiger partial charge on any atom is -0.344 e. The SMILES string of the molecule is CCN(C)C(=O)C(C)NC(=O)c1ccc(C#CCN)s1. The fourth-order valence-corrected chi connectivity index (χ4v) is 2.27. The molecule has 0 aliphatic carbocycles. The van der Waals surface area contributed by atoms with Gasteiger partial charge in [-0.15, -0.1) is 11.3 Å². The van der Waals surface area contributed by atoms with Crippen LogP contribution in [0.4, 0.5) is 0 Å². The number of amides is 2. The zero-order valence-electron chi connectivity index (χ0n) is 11.9. The molecule has 0 aliphatic heterocycles. The van der Waals surface area contributed by atoms with Crippen molar-refractivity contribution in [3.05, 3.63) is 21.9 Å². The first-order chi connectivity index (χ1) is 9.49. The van der Waals surface area contributed by atoms with Crippen LogP contribution in [0.25, 0.3) is 0 Å². The van der Waals surface area contributed by atoms with E-state index in [1.165, 1.54) is 11.3 Å². The van der Waals surface area contributed by atoms with E-state index in [0.29, 0.717) is 11.4 Å². The molecule has 0 radical (unpaired) electrons. The van der Waals surface area contributed by atoms with Crippen molar-refractivity contribution in [3.63, 3.8) is 0 Å². The summed E-state index contributed by atoms with van der Waals surface area (Å²) in [5.74, 6) is 5.23. The Hall–Kier alpha value is -1.84. The first-order valence-corrected chi connectivity index (χ1v) is 7.15.